The summed E-state index contributed by atoms with van der Waals surface area (Å²) in [6.07, 6.45) is 2.63. The Morgan fingerprint density at radius 1 is 0.962 bits per heavy atom. The second-order valence-corrected chi connectivity index (χ2v) is 6.33. The normalized spacial score (nSPS) is 14.8. The van der Waals surface area contributed by atoms with Crippen LogP contribution in [0.4, 0.5) is 26.1 Å². The Hall–Kier alpha value is -2.83. The van der Waals surface area contributed by atoms with Crippen LogP contribution in [0.25, 0.3) is 10.9 Å². The van der Waals surface area contributed by atoms with Crippen molar-refractivity contribution in [2.24, 2.45) is 0 Å². The zero-order valence-electron chi connectivity index (χ0n) is 14.2. The minimum Gasteiger partial charge on any atom is -0.357 e. The van der Waals surface area contributed by atoms with Crippen molar-refractivity contribution in [3.8, 4) is 0 Å². The van der Waals surface area contributed by atoms with Crippen LogP contribution < -0.4 is 10.2 Å². The Morgan fingerprint density at radius 3 is 2.50 bits per heavy atom. The van der Waals surface area contributed by atoms with Crippen molar-refractivity contribution >= 4 is 28.2 Å². The van der Waals surface area contributed by atoms with Crippen LogP contribution in [-0.4, -0.2) is 28.0 Å². The first-order valence-electron chi connectivity index (χ1n) is 8.73. The Kier molecular flexibility index (Phi) is 4.60. The van der Waals surface area contributed by atoms with Gasteiger partial charge in [0.1, 0.15) is 11.6 Å². The maximum atomic E-state index is 13.1. The number of piperidine rings is 1. The maximum absolute atomic E-state index is 13.1. The highest BCUT2D eigenvalue weighted by atomic mass is 19.3. The molecule has 1 N–H and O–H groups in total. The molecule has 1 aromatic carbocycles. The smallest absolute Gasteiger partial charge is 0.297 e. The first-order valence-corrected chi connectivity index (χ1v) is 8.73. The summed E-state index contributed by atoms with van der Waals surface area (Å²) in [5, 5.41) is 3.80. The second kappa shape index (κ2) is 7.19. The van der Waals surface area contributed by atoms with Gasteiger partial charge in [-0.15, -0.1) is 0 Å². The number of nitrogens with zero attached hydrogens (tertiary/aromatic N) is 4. The summed E-state index contributed by atoms with van der Waals surface area (Å²) in [5.41, 5.74) is 1.19. The zero-order chi connectivity index (χ0) is 17.9. The lowest BCUT2D eigenvalue weighted by atomic mass is 10.1. The van der Waals surface area contributed by atoms with Crippen molar-refractivity contribution in [2.75, 3.05) is 23.3 Å². The van der Waals surface area contributed by atoms with E-state index in [0.29, 0.717) is 22.4 Å². The number of hydrogen-bond acceptors (Lipinski definition) is 5. The number of halogens is 2. The third-order valence-corrected chi connectivity index (χ3v) is 4.51. The topological polar surface area (TPSA) is 53.9 Å². The molecule has 0 aliphatic carbocycles. The summed E-state index contributed by atoms with van der Waals surface area (Å²) in [5.74, 6) is 0.818. The molecule has 7 heteroatoms. The van der Waals surface area contributed by atoms with E-state index in [-0.39, 0.29) is 0 Å². The van der Waals surface area contributed by atoms with Gasteiger partial charge in [0.2, 0.25) is 0 Å². The molecule has 1 saturated heterocycles. The van der Waals surface area contributed by atoms with Gasteiger partial charge in [-0.05, 0) is 43.5 Å². The zero-order valence-corrected chi connectivity index (χ0v) is 14.2. The number of rotatable bonds is 4. The maximum Gasteiger partial charge on any atom is 0.297 e. The second-order valence-electron chi connectivity index (χ2n) is 6.33. The van der Waals surface area contributed by atoms with E-state index in [1.165, 1.54) is 19.3 Å². The van der Waals surface area contributed by atoms with E-state index in [0.717, 1.165) is 18.9 Å². The van der Waals surface area contributed by atoms with Crippen molar-refractivity contribution in [3.63, 3.8) is 0 Å². The van der Waals surface area contributed by atoms with E-state index in [2.05, 4.69) is 25.2 Å². The number of aromatic nitrogens is 3. The van der Waals surface area contributed by atoms with Crippen molar-refractivity contribution in [1.29, 1.82) is 0 Å². The Morgan fingerprint density at radius 2 is 1.77 bits per heavy atom. The molecule has 0 bridgehead atoms. The van der Waals surface area contributed by atoms with Crippen LogP contribution in [0.2, 0.25) is 0 Å². The molecule has 0 radical (unpaired) electrons. The first-order chi connectivity index (χ1) is 12.7. The fourth-order valence-electron chi connectivity index (χ4n) is 3.19. The molecule has 3 aromatic rings. The van der Waals surface area contributed by atoms with Crippen molar-refractivity contribution < 1.29 is 8.78 Å². The summed E-state index contributed by atoms with van der Waals surface area (Å²) in [4.78, 5) is 14.7. The average Bonchev–Trinajstić information content (AvgIpc) is 2.69. The molecule has 1 aliphatic heterocycles. The average molecular weight is 355 g/mol. The van der Waals surface area contributed by atoms with E-state index < -0.39 is 12.2 Å². The molecule has 5 nitrogen and oxygen atoms in total. The lowest BCUT2D eigenvalue weighted by molar-refractivity contribution is 0.141. The van der Waals surface area contributed by atoms with Crippen molar-refractivity contribution in [1.82, 2.24) is 15.0 Å². The molecule has 0 saturated carbocycles. The monoisotopic (exact) mass is 355 g/mol. The van der Waals surface area contributed by atoms with Gasteiger partial charge in [-0.2, -0.15) is 0 Å². The summed E-state index contributed by atoms with van der Waals surface area (Å²) in [7, 11) is 0. The van der Waals surface area contributed by atoms with Crippen LogP contribution in [0.1, 0.15) is 31.5 Å². The summed E-state index contributed by atoms with van der Waals surface area (Å²) < 4.78 is 26.2. The van der Waals surface area contributed by atoms with Crippen LogP contribution in [0.5, 0.6) is 0 Å². The molecule has 0 spiro atoms. The summed E-state index contributed by atoms with van der Waals surface area (Å²) in [6, 6.07) is 11.0. The van der Waals surface area contributed by atoms with Crippen LogP contribution in [0.3, 0.4) is 0 Å². The van der Waals surface area contributed by atoms with E-state index in [4.69, 9.17) is 0 Å². The van der Waals surface area contributed by atoms with Gasteiger partial charge in [-0.1, -0.05) is 12.1 Å². The van der Waals surface area contributed by atoms with Gasteiger partial charge < -0.3 is 10.2 Å². The minimum absolute atomic E-state index is 0.360. The predicted molar refractivity (Wildman–Crippen MR) is 98.1 cm³/mol. The van der Waals surface area contributed by atoms with E-state index in [9.17, 15) is 8.78 Å². The molecule has 1 aliphatic rings. The quantitative estimate of drug-likeness (QED) is 0.735. The Labute approximate surface area is 150 Å². The predicted octanol–water partition coefficient (Wildman–Crippen LogP) is 4.70. The van der Waals surface area contributed by atoms with E-state index in [1.807, 2.05) is 24.3 Å². The first kappa shape index (κ1) is 16.6. The molecule has 1 fully saturated rings. The molecular weight excluding hydrogens is 336 g/mol. The standard InChI is InChI=1S/C19H19F2N5/c20-17(21)19-24-15-7-3-2-6-14(15)18(25-19)23-13-8-9-16(22-12-13)26-10-4-1-5-11-26/h2-3,6-9,12,17H,1,4-5,10-11H2,(H,23,24,25). The third kappa shape index (κ3) is 3.42. The number of pyridine rings is 1. The van der Waals surface area contributed by atoms with Crippen LogP contribution in [-0.2, 0) is 0 Å². The van der Waals surface area contributed by atoms with Crippen molar-refractivity contribution in [2.45, 2.75) is 25.7 Å². The molecule has 0 amide bonds. The largest absolute Gasteiger partial charge is 0.357 e. The van der Waals surface area contributed by atoms with Gasteiger partial charge in [0.05, 0.1) is 17.4 Å². The van der Waals surface area contributed by atoms with Gasteiger partial charge in [-0.25, -0.2) is 23.7 Å². The highest BCUT2D eigenvalue weighted by Gasteiger charge is 2.16. The van der Waals surface area contributed by atoms with E-state index in [1.54, 1.807) is 18.3 Å². The molecule has 26 heavy (non-hydrogen) atoms. The number of hydrogen-bond donors (Lipinski definition) is 1. The number of anilines is 3. The fraction of sp³-hybridized carbons (Fsp3) is 0.316. The van der Waals surface area contributed by atoms with Gasteiger partial charge in [0.15, 0.2) is 5.82 Å². The van der Waals surface area contributed by atoms with Gasteiger partial charge in [0, 0.05) is 18.5 Å². The molecule has 3 heterocycles. The minimum atomic E-state index is -2.72. The number of alkyl halides is 2. The number of benzene rings is 1. The molecule has 2 aromatic heterocycles. The molecule has 0 unspecified atom stereocenters. The van der Waals surface area contributed by atoms with E-state index >= 15 is 0 Å². The highest BCUT2D eigenvalue weighted by molar-refractivity contribution is 5.90. The number of fused-ring (bicyclic) bond motifs is 1. The van der Waals surface area contributed by atoms with Gasteiger partial charge in [-0.3, -0.25) is 0 Å². The Bertz CT molecular complexity index is 892. The van der Waals surface area contributed by atoms with Crippen LogP contribution in [0.15, 0.2) is 42.6 Å². The molecule has 4 rings (SSSR count). The number of para-hydroxylation sites is 1. The lowest BCUT2D eigenvalue weighted by Crippen LogP contribution is -2.29. The lowest BCUT2D eigenvalue weighted by Gasteiger charge is -2.27. The van der Waals surface area contributed by atoms with Crippen LogP contribution >= 0.6 is 0 Å². The van der Waals surface area contributed by atoms with Gasteiger partial charge >= 0.3 is 0 Å². The van der Waals surface area contributed by atoms with Crippen molar-refractivity contribution in [3.05, 3.63) is 48.4 Å². The highest BCUT2D eigenvalue weighted by Crippen LogP contribution is 2.27. The third-order valence-electron chi connectivity index (χ3n) is 4.51. The fourth-order valence-corrected chi connectivity index (χ4v) is 3.19. The Balaban J connectivity index is 1.62. The summed E-state index contributed by atoms with van der Waals surface area (Å²) in [6.45, 7) is 2.04. The molecular formula is C19H19F2N5. The van der Waals surface area contributed by atoms with Crippen LogP contribution in [0, 0.1) is 0 Å². The summed E-state index contributed by atoms with van der Waals surface area (Å²) >= 11 is 0. The molecule has 134 valence electrons. The molecule has 0 atom stereocenters. The number of nitrogens with one attached hydrogen (secondary N) is 1. The van der Waals surface area contributed by atoms with Gasteiger partial charge in [0.25, 0.3) is 6.43 Å². The SMILES string of the molecule is FC(F)c1nc(Nc2ccc(N3CCCCC3)nc2)c2ccccc2n1.